The third kappa shape index (κ3) is 1.58. The Bertz CT molecular complexity index is 526. The lowest BCUT2D eigenvalue weighted by atomic mass is 10.0. The van der Waals surface area contributed by atoms with E-state index in [4.69, 9.17) is 4.74 Å². The molecule has 1 heterocycles. The van der Waals surface area contributed by atoms with Gasteiger partial charge in [-0.15, -0.1) is 0 Å². The smallest absolute Gasteiger partial charge is 0.339 e. The second-order valence-corrected chi connectivity index (χ2v) is 4.12. The van der Waals surface area contributed by atoms with Crippen LogP contribution in [0.4, 0.5) is 0 Å². The standard InChI is InChI=1S/C13H15NO2/c1-8(2)11-7-14-12-9(11)5-4-6-10(12)13(15)16-3/h4-8,14H,1-3H3. The number of carbonyl (C=O) groups is 1. The van der Waals surface area contributed by atoms with Gasteiger partial charge in [0.2, 0.25) is 0 Å². The molecule has 16 heavy (non-hydrogen) atoms. The zero-order chi connectivity index (χ0) is 11.7. The Labute approximate surface area is 94.4 Å². The number of benzene rings is 1. The largest absolute Gasteiger partial charge is 0.465 e. The van der Waals surface area contributed by atoms with Gasteiger partial charge in [0.25, 0.3) is 0 Å². The lowest BCUT2D eigenvalue weighted by Crippen LogP contribution is -2.01. The van der Waals surface area contributed by atoms with Crippen LogP contribution in [0.15, 0.2) is 24.4 Å². The van der Waals surface area contributed by atoms with Crippen molar-refractivity contribution >= 4 is 16.9 Å². The molecule has 0 spiro atoms. The van der Waals surface area contributed by atoms with Gasteiger partial charge in [0.05, 0.1) is 18.2 Å². The molecule has 0 aliphatic heterocycles. The van der Waals surface area contributed by atoms with Crippen LogP contribution in [0, 0.1) is 0 Å². The van der Waals surface area contributed by atoms with Crippen molar-refractivity contribution in [2.24, 2.45) is 0 Å². The fourth-order valence-electron chi connectivity index (χ4n) is 1.93. The minimum Gasteiger partial charge on any atom is -0.465 e. The average molecular weight is 217 g/mol. The van der Waals surface area contributed by atoms with Crippen molar-refractivity contribution in [3.63, 3.8) is 0 Å². The summed E-state index contributed by atoms with van der Waals surface area (Å²) >= 11 is 0. The maximum Gasteiger partial charge on any atom is 0.339 e. The van der Waals surface area contributed by atoms with Crippen molar-refractivity contribution in [1.29, 1.82) is 0 Å². The van der Waals surface area contributed by atoms with Gasteiger partial charge in [-0.05, 0) is 17.5 Å². The van der Waals surface area contributed by atoms with E-state index < -0.39 is 0 Å². The molecule has 0 fully saturated rings. The summed E-state index contributed by atoms with van der Waals surface area (Å²) in [7, 11) is 1.40. The van der Waals surface area contributed by atoms with Crippen LogP contribution in [-0.4, -0.2) is 18.1 Å². The van der Waals surface area contributed by atoms with Crippen molar-refractivity contribution in [3.05, 3.63) is 35.5 Å². The number of fused-ring (bicyclic) bond motifs is 1. The molecule has 0 amide bonds. The Hall–Kier alpha value is -1.77. The number of H-pyrrole nitrogens is 1. The van der Waals surface area contributed by atoms with Crippen molar-refractivity contribution < 1.29 is 9.53 Å². The van der Waals surface area contributed by atoms with Crippen LogP contribution in [0.5, 0.6) is 0 Å². The number of carbonyl (C=O) groups excluding carboxylic acids is 1. The molecule has 0 unspecified atom stereocenters. The summed E-state index contributed by atoms with van der Waals surface area (Å²) in [4.78, 5) is 14.7. The van der Waals surface area contributed by atoms with E-state index in [0.717, 1.165) is 10.9 Å². The van der Waals surface area contributed by atoms with Gasteiger partial charge < -0.3 is 9.72 Å². The molecule has 0 saturated heterocycles. The Morgan fingerprint density at radius 1 is 1.38 bits per heavy atom. The molecule has 0 saturated carbocycles. The van der Waals surface area contributed by atoms with E-state index in [9.17, 15) is 4.79 Å². The van der Waals surface area contributed by atoms with E-state index >= 15 is 0 Å². The van der Waals surface area contributed by atoms with E-state index in [1.165, 1.54) is 12.7 Å². The fraction of sp³-hybridized carbons (Fsp3) is 0.308. The summed E-state index contributed by atoms with van der Waals surface area (Å²) in [6.45, 7) is 4.26. The number of hydrogen-bond donors (Lipinski definition) is 1. The maximum atomic E-state index is 11.6. The molecular formula is C13H15NO2. The van der Waals surface area contributed by atoms with E-state index in [1.54, 1.807) is 6.07 Å². The van der Waals surface area contributed by atoms with Crippen LogP contribution >= 0.6 is 0 Å². The minimum atomic E-state index is -0.303. The number of rotatable bonds is 2. The third-order valence-electron chi connectivity index (χ3n) is 2.77. The predicted molar refractivity (Wildman–Crippen MR) is 63.7 cm³/mol. The number of para-hydroxylation sites is 1. The molecule has 0 atom stereocenters. The summed E-state index contributed by atoms with van der Waals surface area (Å²) in [5.74, 6) is 0.129. The van der Waals surface area contributed by atoms with Gasteiger partial charge in [-0.25, -0.2) is 4.79 Å². The van der Waals surface area contributed by atoms with Crippen LogP contribution < -0.4 is 0 Å². The lowest BCUT2D eigenvalue weighted by molar-refractivity contribution is 0.0603. The van der Waals surface area contributed by atoms with E-state index in [1.807, 2.05) is 18.3 Å². The minimum absolute atomic E-state index is 0.303. The highest BCUT2D eigenvalue weighted by atomic mass is 16.5. The summed E-state index contributed by atoms with van der Waals surface area (Å²) in [6.07, 6.45) is 1.96. The second-order valence-electron chi connectivity index (χ2n) is 4.12. The second kappa shape index (κ2) is 4.00. The monoisotopic (exact) mass is 217 g/mol. The van der Waals surface area contributed by atoms with E-state index in [2.05, 4.69) is 18.8 Å². The van der Waals surface area contributed by atoms with Gasteiger partial charge in [-0.1, -0.05) is 26.0 Å². The number of ether oxygens (including phenoxy) is 1. The first-order valence-electron chi connectivity index (χ1n) is 5.33. The van der Waals surface area contributed by atoms with Gasteiger partial charge in [0, 0.05) is 11.6 Å². The van der Waals surface area contributed by atoms with Crippen molar-refractivity contribution in [3.8, 4) is 0 Å². The highest BCUT2D eigenvalue weighted by Gasteiger charge is 2.14. The number of aromatic nitrogens is 1. The highest BCUT2D eigenvalue weighted by Crippen LogP contribution is 2.27. The van der Waals surface area contributed by atoms with E-state index in [0.29, 0.717) is 11.5 Å². The Kier molecular flexibility index (Phi) is 2.69. The first-order chi connectivity index (χ1) is 7.65. The topological polar surface area (TPSA) is 42.1 Å². The average Bonchev–Trinajstić information content (AvgIpc) is 2.71. The summed E-state index contributed by atoms with van der Waals surface area (Å²) in [5.41, 5.74) is 2.67. The number of nitrogens with one attached hydrogen (secondary N) is 1. The Balaban J connectivity index is 2.66. The molecule has 3 heteroatoms. The lowest BCUT2D eigenvalue weighted by Gasteiger charge is -2.04. The SMILES string of the molecule is COC(=O)c1cccc2c(C(C)C)c[nH]c12. The molecule has 2 aromatic rings. The number of hydrogen-bond acceptors (Lipinski definition) is 2. The first kappa shape index (κ1) is 10.7. The zero-order valence-corrected chi connectivity index (χ0v) is 9.70. The molecule has 0 aliphatic rings. The number of esters is 1. The molecule has 0 radical (unpaired) electrons. The molecule has 0 bridgehead atoms. The van der Waals surface area contributed by atoms with Gasteiger partial charge >= 0.3 is 5.97 Å². The van der Waals surface area contributed by atoms with Crippen molar-refractivity contribution in [1.82, 2.24) is 4.98 Å². The van der Waals surface area contributed by atoms with E-state index in [-0.39, 0.29) is 5.97 Å². The first-order valence-corrected chi connectivity index (χ1v) is 5.33. The Morgan fingerprint density at radius 3 is 2.75 bits per heavy atom. The van der Waals surface area contributed by atoms with Crippen molar-refractivity contribution in [2.45, 2.75) is 19.8 Å². The summed E-state index contributed by atoms with van der Waals surface area (Å²) < 4.78 is 4.76. The van der Waals surface area contributed by atoms with Crippen LogP contribution in [-0.2, 0) is 4.74 Å². The Morgan fingerprint density at radius 2 is 2.12 bits per heavy atom. The third-order valence-corrected chi connectivity index (χ3v) is 2.77. The quantitative estimate of drug-likeness (QED) is 0.785. The van der Waals surface area contributed by atoms with Crippen LogP contribution in [0.1, 0.15) is 35.7 Å². The van der Waals surface area contributed by atoms with Gasteiger partial charge in [0.1, 0.15) is 0 Å². The fourth-order valence-corrected chi connectivity index (χ4v) is 1.93. The predicted octanol–water partition coefficient (Wildman–Crippen LogP) is 3.08. The molecule has 3 nitrogen and oxygen atoms in total. The van der Waals surface area contributed by atoms with Crippen LogP contribution in [0.25, 0.3) is 10.9 Å². The summed E-state index contributed by atoms with van der Waals surface area (Å²) in [6, 6.07) is 5.68. The maximum absolute atomic E-state index is 11.6. The van der Waals surface area contributed by atoms with Gasteiger partial charge in [0.15, 0.2) is 0 Å². The molecular weight excluding hydrogens is 202 g/mol. The van der Waals surface area contributed by atoms with Crippen LogP contribution in [0.2, 0.25) is 0 Å². The van der Waals surface area contributed by atoms with Gasteiger partial charge in [-0.2, -0.15) is 0 Å². The molecule has 1 aromatic heterocycles. The molecule has 1 aromatic carbocycles. The van der Waals surface area contributed by atoms with Crippen molar-refractivity contribution in [2.75, 3.05) is 7.11 Å². The van der Waals surface area contributed by atoms with Gasteiger partial charge in [-0.3, -0.25) is 0 Å². The highest BCUT2D eigenvalue weighted by molar-refractivity contribution is 6.03. The molecule has 2 rings (SSSR count). The zero-order valence-electron chi connectivity index (χ0n) is 9.70. The summed E-state index contributed by atoms with van der Waals surface area (Å²) in [5, 5.41) is 1.10. The molecule has 84 valence electrons. The molecule has 0 aliphatic carbocycles. The molecule has 1 N–H and O–H groups in total. The normalized spacial score (nSPS) is 11.0. The number of aromatic amines is 1. The van der Waals surface area contributed by atoms with Crippen LogP contribution in [0.3, 0.4) is 0 Å². The number of methoxy groups -OCH3 is 1.